The van der Waals surface area contributed by atoms with Crippen molar-refractivity contribution in [3.05, 3.63) is 144 Å². The molecule has 0 spiro atoms. The van der Waals surface area contributed by atoms with E-state index in [2.05, 4.69) is 90.0 Å². The average molecular weight is 1700 g/mol. The van der Waals surface area contributed by atoms with Gasteiger partial charge in [-0.2, -0.15) is 0 Å². The Kier molecular flexibility index (Phi) is 33.9. The molecule has 26 heteroatoms. The largest absolute Gasteiger partial charge is 0.454 e. The second-order valence-electron chi connectivity index (χ2n) is 37.3. The molecule has 4 aromatic rings. The van der Waals surface area contributed by atoms with Gasteiger partial charge in [-0.15, -0.1) is 0 Å². The van der Waals surface area contributed by atoms with Gasteiger partial charge in [0.1, 0.15) is 54.4 Å². The third-order valence-electron chi connectivity index (χ3n) is 25.5. The third-order valence-corrected chi connectivity index (χ3v) is 37.6. The lowest BCUT2D eigenvalue weighted by Crippen LogP contribution is -2.65. The summed E-state index contributed by atoms with van der Waals surface area (Å²) >= 11 is 0. The summed E-state index contributed by atoms with van der Waals surface area (Å²) in [5.41, 5.74) is 3.33. The van der Waals surface area contributed by atoms with Crippen LogP contribution in [0, 0.1) is 17.8 Å². The molecule has 0 aliphatic carbocycles. The predicted octanol–water partition coefficient (Wildman–Crippen LogP) is 16.4. The van der Waals surface area contributed by atoms with Crippen molar-refractivity contribution in [1.29, 1.82) is 0 Å². The molecule has 668 valence electrons. The van der Waals surface area contributed by atoms with Gasteiger partial charge in [0.05, 0.1) is 103 Å². The average Bonchev–Trinajstić information content (AvgIpc) is 1.67. The smallest absolute Gasteiger partial charge is 0.303 e. The molecule has 0 amide bonds. The third kappa shape index (κ3) is 23.0. The maximum atomic E-state index is 12.8. The van der Waals surface area contributed by atoms with Gasteiger partial charge in [-0.3, -0.25) is 9.59 Å². The molecule has 8 aliphatic rings. The molecule has 8 heterocycles. The minimum absolute atomic E-state index is 0.0645. The summed E-state index contributed by atoms with van der Waals surface area (Å²) in [7, 11) is -4.64. The SMILES string of the molecule is CC(=O)O[C@@]1(COCc2ccccc2)COCC1(C)OC1[C@H](C)CO[C@@H](O[C@H]2C(C)O[C@@H](O[Si](C(C)C)(C(C)C)C(C)C)[C@H]3OC(C)(C)OC23)[C@@H]1OCc1ccccc1.CC(=O)O[C@@]1(COCc2ccccc2)CO[C@@H](C)C1C.CC1O[C@@H](O[Si](C(C)C)(C(C)C)C(C)C)[C@H]2OC(C)(C)OC2[C@H]1O[C@@H]1OC[C@@H](C)C(O)[C@H]1OCc1ccccc1. The quantitative estimate of drug-likeness (QED) is 0.0352. The number of aliphatic hydroxyl groups is 1. The second-order valence-corrected chi connectivity index (χ2v) is 48.1. The van der Waals surface area contributed by atoms with Crippen LogP contribution in [0.15, 0.2) is 121 Å². The highest BCUT2D eigenvalue weighted by atomic mass is 28.4. The van der Waals surface area contributed by atoms with Crippen molar-refractivity contribution in [1.82, 2.24) is 0 Å². The number of aliphatic hydroxyl groups excluding tert-OH is 1. The summed E-state index contributed by atoms with van der Waals surface area (Å²) in [6, 6.07) is 39.7. The highest BCUT2D eigenvalue weighted by Crippen LogP contribution is 2.51. The summed E-state index contributed by atoms with van der Waals surface area (Å²) in [5, 5.41) is 11.1. The van der Waals surface area contributed by atoms with Crippen LogP contribution in [-0.4, -0.2) is 213 Å². The van der Waals surface area contributed by atoms with Crippen molar-refractivity contribution >= 4 is 28.6 Å². The van der Waals surface area contributed by atoms with Crippen LogP contribution < -0.4 is 0 Å². The normalized spacial score (nSPS) is 34.4. The van der Waals surface area contributed by atoms with E-state index in [1.807, 2.05) is 191 Å². The van der Waals surface area contributed by atoms with E-state index in [1.54, 1.807) is 0 Å². The molecule has 24 nitrogen and oxygen atoms in total. The summed E-state index contributed by atoms with van der Waals surface area (Å²) in [4.78, 5) is 24.1. The number of fused-ring (bicyclic) bond motifs is 2. The van der Waals surface area contributed by atoms with Crippen LogP contribution in [0.25, 0.3) is 0 Å². The highest BCUT2D eigenvalue weighted by molar-refractivity contribution is 6.78. The van der Waals surface area contributed by atoms with Gasteiger partial charge in [-0.1, -0.05) is 225 Å². The number of esters is 2. The Balaban J connectivity index is 0.000000212. The summed E-state index contributed by atoms with van der Waals surface area (Å²) in [6.07, 6.45) is -9.39. The Morgan fingerprint density at radius 2 is 0.807 bits per heavy atom. The van der Waals surface area contributed by atoms with Gasteiger partial charge in [0.25, 0.3) is 0 Å². The first-order valence-electron chi connectivity index (χ1n) is 43.6. The summed E-state index contributed by atoms with van der Waals surface area (Å²) < 4.78 is 136. The van der Waals surface area contributed by atoms with Crippen LogP contribution in [0.5, 0.6) is 0 Å². The van der Waals surface area contributed by atoms with Crippen molar-refractivity contribution in [2.24, 2.45) is 17.8 Å². The van der Waals surface area contributed by atoms with E-state index in [0.29, 0.717) is 79.5 Å². The number of carbonyl (C=O) groups excluding carboxylic acids is 2. The molecule has 23 atom stereocenters. The Morgan fingerprint density at radius 3 is 1.20 bits per heavy atom. The van der Waals surface area contributed by atoms with E-state index in [-0.39, 0.29) is 62.4 Å². The van der Waals surface area contributed by atoms with Crippen molar-refractivity contribution < 1.29 is 114 Å². The fourth-order valence-electron chi connectivity index (χ4n) is 19.2. The van der Waals surface area contributed by atoms with E-state index < -0.39 is 143 Å². The Morgan fingerprint density at radius 1 is 0.429 bits per heavy atom. The predicted molar refractivity (Wildman–Crippen MR) is 454 cm³/mol. The molecule has 1 N–H and O–H groups in total. The Bertz CT molecular complexity index is 3690. The van der Waals surface area contributed by atoms with Crippen LogP contribution >= 0.6 is 0 Å². The first-order chi connectivity index (χ1) is 56.2. The van der Waals surface area contributed by atoms with Gasteiger partial charge < -0.3 is 104 Å². The number of hydrogen-bond donors (Lipinski definition) is 1. The van der Waals surface area contributed by atoms with E-state index in [4.69, 9.17) is 98.9 Å². The van der Waals surface area contributed by atoms with Crippen molar-refractivity contribution in [3.63, 3.8) is 0 Å². The molecule has 0 aromatic heterocycles. The van der Waals surface area contributed by atoms with E-state index in [0.717, 1.165) is 22.3 Å². The van der Waals surface area contributed by atoms with Crippen molar-refractivity contribution in [2.45, 2.75) is 366 Å². The van der Waals surface area contributed by atoms with Gasteiger partial charge in [-0.05, 0) is 111 Å². The molecule has 0 saturated carbocycles. The molecule has 12 rings (SSSR count). The molecule has 8 fully saturated rings. The molecular formula is C93H144O24Si2. The zero-order chi connectivity index (χ0) is 86.7. The molecule has 8 saturated heterocycles. The number of benzene rings is 4. The van der Waals surface area contributed by atoms with Crippen LogP contribution in [0.2, 0.25) is 33.2 Å². The molecule has 0 radical (unpaired) electrons. The molecule has 8 unspecified atom stereocenters. The van der Waals surface area contributed by atoms with E-state index >= 15 is 0 Å². The zero-order valence-electron chi connectivity index (χ0n) is 75.7. The lowest BCUT2D eigenvalue weighted by atomic mass is 9.86. The molecule has 0 bridgehead atoms. The zero-order valence-corrected chi connectivity index (χ0v) is 77.7. The highest BCUT2D eigenvalue weighted by Gasteiger charge is 2.64. The minimum Gasteiger partial charge on any atom is -0.454 e. The Labute approximate surface area is 711 Å². The van der Waals surface area contributed by atoms with Crippen molar-refractivity contribution in [2.75, 3.05) is 46.2 Å². The molecule has 8 aliphatic heterocycles. The first kappa shape index (κ1) is 96.7. The van der Waals surface area contributed by atoms with Gasteiger partial charge >= 0.3 is 11.9 Å². The maximum absolute atomic E-state index is 12.8. The van der Waals surface area contributed by atoms with E-state index in [1.165, 1.54) is 13.8 Å². The summed E-state index contributed by atoms with van der Waals surface area (Å²) in [6.45, 7) is 54.8. The fourth-order valence-corrected chi connectivity index (χ4v) is 30.1. The first-order valence-corrected chi connectivity index (χ1v) is 47.9. The number of hydrogen-bond acceptors (Lipinski definition) is 24. The maximum Gasteiger partial charge on any atom is 0.303 e. The monoisotopic (exact) mass is 1700 g/mol. The van der Waals surface area contributed by atoms with Gasteiger partial charge in [0.2, 0.25) is 16.6 Å². The number of ether oxygens (including phenoxy) is 19. The fraction of sp³-hybridized carbons (Fsp3) is 0.720. The standard InChI is InChI=1S/C46H70O12Si.C31H52O8Si.C16H22O4/c1-29(2)59(30(3)4,31(5)6)58-43-41-39(55-44(10,11)56-41)38(33(8)52-43)53-42-40(50-25-36-21-17-14-18-22-36)37(32(7)23-51-42)57-45(12)26-49-28-46(45,54-34(9)47)27-48-24-35-19-15-13-16-20-35;1-18(2)40(19(3)4,20(5)6)39-30-28-27(37-31(9,10)38-28)25(22(8)35-30)36-29-26(24(32)21(7)16-34-29)33-17-23-14-12-11-13-15-23;1-12-13(2)19-11-16(12,20-14(3)17)10-18-9-15-7-5-4-6-8-15/h13-22,29-33,37-43H,23-28H2,1-12H3;11-15,18-22,24-30,32H,16-17H2,1-10H3;4-8,12-13H,9-11H2,1-3H3/t32-,33?,37?,38+,39?,40-,41+,42+,43+,45?,46+;21-,22?,24?,25+,26-,27?,28+,29+,30+;12?,13-,16-/m110/s1. The molecule has 4 aromatic carbocycles. The van der Waals surface area contributed by atoms with Crippen LogP contribution in [0.3, 0.4) is 0 Å². The second kappa shape index (κ2) is 41.7. The molecule has 119 heavy (non-hydrogen) atoms. The van der Waals surface area contributed by atoms with Crippen molar-refractivity contribution in [3.8, 4) is 0 Å². The number of carbonyl (C=O) groups is 2. The van der Waals surface area contributed by atoms with Crippen LogP contribution in [0.4, 0.5) is 0 Å². The lowest BCUT2D eigenvalue weighted by molar-refractivity contribution is -0.340. The van der Waals surface area contributed by atoms with Crippen LogP contribution in [0.1, 0.15) is 195 Å². The minimum atomic E-state index is -2.37. The van der Waals surface area contributed by atoms with Gasteiger partial charge in [-0.25, -0.2) is 0 Å². The Hall–Kier alpha value is -4.55. The summed E-state index contributed by atoms with van der Waals surface area (Å²) in [5.74, 6) is -2.59. The van der Waals surface area contributed by atoms with Gasteiger partial charge in [0.15, 0.2) is 47.9 Å². The van der Waals surface area contributed by atoms with Gasteiger partial charge in [0, 0.05) is 31.6 Å². The molecular weight excluding hydrogens is 1560 g/mol. The van der Waals surface area contributed by atoms with Crippen LogP contribution in [-0.2, 0) is 135 Å². The lowest BCUT2D eigenvalue weighted by Gasteiger charge is -2.50. The number of rotatable bonds is 32. The van der Waals surface area contributed by atoms with E-state index in [9.17, 15) is 14.7 Å². The topological polar surface area (TPSA) is 248 Å².